The number of imide groups is 1. The number of rotatable bonds is 20. The van der Waals surface area contributed by atoms with Crippen LogP contribution in [0.1, 0.15) is 72.8 Å². The van der Waals surface area contributed by atoms with E-state index in [1.807, 2.05) is 6.92 Å². The minimum absolute atomic E-state index is 0.0473. The number of nitrogens with zero attached hydrogens (tertiary/aromatic N) is 10. The Bertz CT molecular complexity index is 3060. The summed E-state index contributed by atoms with van der Waals surface area (Å²) in [6, 6.07) is 9.23. The van der Waals surface area contributed by atoms with Gasteiger partial charge in [-0.1, -0.05) is 12.2 Å². The van der Waals surface area contributed by atoms with Gasteiger partial charge < -0.3 is 35.0 Å². The number of imidazole rings is 2. The van der Waals surface area contributed by atoms with Gasteiger partial charge in [0.15, 0.2) is 0 Å². The van der Waals surface area contributed by atoms with Gasteiger partial charge in [0.1, 0.15) is 33.9 Å². The molecule has 4 aromatic heterocycles. The van der Waals surface area contributed by atoms with E-state index in [-0.39, 0.29) is 90.8 Å². The Kier molecular flexibility index (Phi) is 13.8. The minimum Gasteiger partial charge on any atom is -0.494 e. The number of benzene rings is 2. The van der Waals surface area contributed by atoms with E-state index in [2.05, 4.69) is 25.8 Å². The number of amides is 7. The van der Waals surface area contributed by atoms with Gasteiger partial charge in [0.25, 0.3) is 23.6 Å². The highest BCUT2D eigenvalue weighted by molar-refractivity contribution is 6.13. The largest absolute Gasteiger partial charge is 0.494 e. The molecule has 0 saturated heterocycles. The van der Waals surface area contributed by atoms with Gasteiger partial charge in [0.05, 0.1) is 36.1 Å². The lowest BCUT2D eigenvalue weighted by molar-refractivity contribution is -0.138. The molecule has 0 saturated carbocycles. The van der Waals surface area contributed by atoms with Crippen LogP contribution >= 0.6 is 0 Å². The van der Waals surface area contributed by atoms with Crippen LogP contribution < -0.4 is 31.6 Å². The van der Waals surface area contributed by atoms with Crippen LogP contribution in [0.3, 0.4) is 0 Å². The first-order chi connectivity index (χ1) is 32.5. The number of ether oxygens (including phenoxy) is 2. The van der Waals surface area contributed by atoms with Crippen LogP contribution in [0.5, 0.6) is 11.5 Å². The normalized spacial score (nSPS) is 12.5. The van der Waals surface area contributed by atoms with E-state index < -0.39 is 35.4 Å². The Labute approximate surface area is 388 Å². The van der Waals surface area contributed by atoms with Crippen LogP contribution in [-0.2, 0) is 41.1 Å². The van der Waals surface area contributed by atoms with E-state index >= 15 is 0 Å². The van der Waals surface area contributed by atoms with Gasteiger partial charge in [-0.15, -0.1) is 0 Å². The molecular formula is C45H50N14O9. The zero-order chi connectivity index (χ0) is 49.0. The molecule has 0 radical (unpaired) electrons. The fourth-order valence-corrected chi connectivity index (χ4v) is 7.70. The lowest BCUT2D eigenvalue weighted by atomic mass is 10.1. The molecule has 7 rings (SSSR count). The van der Waals surface area contributed by atoms with Crippen molar-refractivity contribution in [3.8, 4) is 11.5 Å². The van der Waals surface area contributed by atoms with Crippen LogP contribution in [0.4, 0.5) is 11.9 Å². The molecule has 0 atom stereocenters. The average Bonchev–Trinajstić information content (AvgIpc) is 4.11. The standard InChI is InChI=1S/C45H50N14O9/c1-7-59-32(20-26(3)53-59)43(66)51-45-48-29-21-27(40(46)63)23-33(67-6)38(29)57(45)15-8-9-16-58-39-30(49-44(58)50-42(65)31-19-25(2)52-55(31)5)22-28(41(47)64)24-34(39)68-18-10-14-54(4)35(60)13-17-56-36(61)11-12-37(56)62/h8-9,11-12,19-24H,7,10,13-18H2,1-6H3,(H2,46,63)(H2,47,64)(H,48,51,66)(H,49,50,65)/b9-8+. The second-order valence-electron chi connectivity index (χ2n) is 15.8. The number of nitrogens with one attached hydrogen (secondary N) is 2. The molecule has 68 heavy (non-hydrogen) atoms. The molecule has 6 aromatic rings. The zero-order valence-corrected chi connectivity index (χ0v) is 38.2. The maximum atomic E-state index is 13.7. The van der Waals surface area contributed by atoms with Crippen LogP contribution in [0.15, 0.2) is 60.7 Å². The van der Waals surface area contributed by atoms with Crippen LogP contribution in [0.2, 0.25) is 0 Å². The third-order valence-corrected chi connectivity index (χ3v) is 11.0. The SMILES string of the molecule is CCn1nc(C)cc1C(=O)Nc1nc2cc(C(N)=O)cc(OC)c2n1C/C=C/Cn1c(NC(=O)c2cc(C)nn2C)nc2cc(C(N)=O)cc(OCCCN(C)C(=O)CCN3C(=O)C=CC3=O)c21. The van der Waals surface area contributed by atoms with Crippen LogP contribution in [0.25, 0.3) is 22.1 Å². The fraction of sp³-hybridized carbons (Fsp3) is 0.311. The molecule has 2 aromatic carbocycles. The highest BCUT2D eigenvalue weighted by Gasteiger charge is 2.26. The summed E-state index contributed by atoms with van der Waals surface area (Å²) >= 11 is 0. The van der Waals surface area contributed by atoms with Crippen molar-refractivity contribution < 1.29 is 43.0 Å². The Balaban J connectivity index is 1.19. The molecule has 23 nitrogen and oxygen atoms in total. The molecule has 0 unspecified atom stereocenters. The number of anilines is 2. The number of allylic oxidation sites excluding steroid dienone is 2. The van der Waals surface area contributed by atoms with Crippen LogP contribution in [0, 0.1) is 13.8 Å². The number of hydrogen-bond donors (Lipinski definition) is 4. The highest BCUT2D eigenvalue weighted by atomic mass is 16.5. The number of hydrogen-bond acceptors (Lipinski definition) is 13. The number of methoxy groups -OCH3 is 1. The predicted octanol–water partition coefficient (Wildman–Crippen LogP) is 2.46. The summed E-state index contributed by atoms with van der Waals surface area (Å²) in [5.41, 5.74) is 14.9. The quantitative estimate of drug-likeness (QED) is 0.0487. The number of primary amides is 2. The molecule has 0 fully saturated rings. The van der Waals surface area contributed by atoms with Crippen molar-refractivity contribution in [2.24, 2.45) is 18.5 Å². The molecule has 354 valence electrons. The summed E-state index contributed by atoms with van der Waals surface area (Å²) in [5.74, 6) is -2.93. The lowest BCUT2D eigenvalue weighted by Gasteiger charge is -2.19. The first-order valence-corrected chi connectivity index (χ1v) is 21.4. The Morgan fingerprint density at radius 1 is 0.765 bits per heavy atom. The Morgan fingerprint density at radius 2 is 1.29 bits per heavy atom. The summed E-state index contributed by atoms with van der Waals surface area (Å²) in [6.45, 7) is 6.30. The number of carbonyl (C=O) groups is 7. The average molecular weight is 931 g/mol. The van der Waals surface area contributed by atoms with E-state index in [9.17, 15) is 33.6 Å². The van der Waals surface area contributed by atoms with Crippen molar-refractivity contribution in [1.29, 1.82) is 0 Å². The molecule has 0 aliphatic carbocycles. The van der Waals surface area contributed by atoms with E-state index in [4.69, 9.17) is 25.9 Å². The van der Waals surface area contributed by atoms with Crippen molar-refractivity contribution >= 4 is 75.3 Å². The van der Waals surface area contributed by atoms with Crippen molar-refractivity contribution in [2.75, 3.05) is 44.5 Å². The molecule has 1 aliphatic rings. The maximum Gasteiger partial charge on any atom is 0.276 e. The number of fused-ring (bicyclic) bond motifs is 2. The van der Waals surface area contributed by atoms with Gasteiger partial charge in [-0.05, 0) is 63.6 Å². The number of nitrogens with two attached hydrogens (primary N) is 2. The van der Waals surface area contributed by atoms with Crippen molar-refractivity contribution in [1.82, 2.24) is 48.5 Å². The maximum absolute atomic E-state index is 13.7. The molecule has 0 spiro atoms. The first-order valence-electron chi connectivity index (χ1n) is 21.4. The van der Waals surface area contributed by atoms with Gasteiger partial charge in [0.2, 0.25) is 29.6 Å². The monoisotopic (exact) mass is 930 g/mol. The molecule has 0 bridgehead atoms. The second kappa shape index (κ2) is 19.9. The Morgan fingerprint density at radius 3 is 1.82 bits per heavy atom. The van der Waals surface area contributed by atoms with Gasteiger partial charge >= 0.3 is 0 Å². The van der Waals surface area contributed by atoms with Gasteiger partial charge in [-0.2, -0.15) is 10.2 Å². The van der Waals surface area contributed by atoms with E-state index in [0.717, 1.165) is 17.1 Å². The molecular weight excluding hydrogens is 881 g/mol. The number of carbonyl (C=O) groups excluding carboxylic acids is 7. The van der Waals surface area contributed by atoms with E-state index in [1.165, 1.54) is 41.0 Å². The predicted molar refractivity (Wildman–Crippen MR) is 247 cm³/mol. The van der Waals surface area contributed by atoms with Gasteiger partial charge in [0, 0.05) is 76.5 Å². The van der Waals surface area contributed by atoms with Crippen molar-refractivity contribution in [3.05, 3.63) is 94.6 Å². The van der Waals surface area contributed by atoms with Crippen molar-refractivity contribution in [3.63, 3.8) is 0 Å². The first kappa shape index (κ1) is 47.3. The number of aryl methyl sites for hydroxylation is 4. The topological polar surface area (TPSA) is 292 Å². The highest BCUT2D eigenvalue weighted by Crippen LogP contribution is 2.33. The molecule has 23 heteroatoms. The van der Waals surface area contributed by atoms with E-state index in [1.54, 1.807) is 66.0 Å². The summed E-state index contributed by atoms with van der Waals surface area (Å²) in [7, 11) is 4.67. The van der Waals surface area contributed by atoms with Crippen molar-refractivity contribution in [2.45, 2.75) is 53.2 Å². The lowest BCUT2D eigenvalue weighted by Crippen LogP contribution is -2.36. The summed E-state index contributed by atoms with van der Waals surface area (Å²) in [5, 5.41) is 14.4. The molecule has 1 aliphatic heterocycles. The summed E-state index contributed by atoms with van der Waals surface area (Å²) in [4.78, 5) is 101. The fourth-order valence-electron chi connectivity index (χ4n) is 7.70. The summed E-state index contributed by atoms with van der Waals surface area (Å²) < 4.78 is 18.4. The van der Waals surface area contributed by atoms with Crippen LogP contribution in [-0.4, -0.2) is 124 Å². The zero-order valence-electron chi connectivity index (χ0n) is 38.2. The second-order valence-corrected chi connectivity index (χ2v) is 15.8. The molecule has 7 amide bonds. The van der Waals surface area contributed by atoms with Gasteiger partial charge in [-0.25, -0.2) is 9.97 Å². The third-order valence-electron chi connectivity index (χ3n) is 11.0. The minimum atomic E-state index is -0.749. The van der Waals surface area contributed by atoms with Gasteiger partial charge in [-0.3, -0.25) is 58.5 Å². The van der Waals surface area contributed by atoms with E-state index in [0.29, 0.717) is 46.6 Å². The smallest absolute Gasteiger partial charge is 0.276 e. The molecule has 6 N–H and O–H groups in total. The third kappa shape index (κ3) is 9.95. The Hall–Kier alpha value is -8.63. The summed E-state index contributed by atoms with van der Waals surface area (Å²) in [6.07, 6.45) is 6.18. The number of aromatic nitrogens is 8. The molecule has 5 heterocycles.